The Kier molecular flexibility index (Phi) is 2.80. The van der Waals surface area contributed by atoms with Crippen molar-refractivity contribution in [3.05, 3.63) is 17.7 Å². The van der Waals surface area contributed by atoms with E-state index >= 15 is 0 Å². The van der Waals surface area contributed by atoms with Crippen LogP contribution < -0.4 is 0 Å². The van der Waals surface area contributed by atoms with Gasteiger partial charge in [0.15, 0.2) is 11.8 Å². The predicted octanol–water partition coefficient (Wildman–Crippen LogP) is 2.24. The summed E-state index contributed by atoms with van der Waals surface area (Å²) >= 11 is 0. The maximum Gasteiger partial charge on any atom is 0.198 e. The Morgan fingerprint density at radius 3 is 2.75 bits per heavy atom. The first-order valence-electron chi connectivity index (χ1n) is 4.01. The molecule has 0 aliphatic rings. The Labute approximate surface area is 71.4 Å². The smallest absolute Gasteiger partial charge is 0.198 e. The summed E-state index contributed by atoms with van der Waals surface area (Å²) < 4.78 is 0. The van der Waals surface area contributed by atoms with E-state index in [1.54, 1.807) is 6.08 Å². The summed E-state index contributed by atoms with van der Waals surface area (Å²) in [6, 6.07) is 1.49. The molecule has 0 bridgehead atoms. The van der Waals surface area contributed by atoms with E-state index in [9.17, 15) is 0 Å². The first kappa shape index (κ1) is 8.71. The summed E-state index contributed by atoms with van der Waals surface area (Å²) in [7, 11) is 0. The standard InChI is InChI=1S/C9H13NO2/c1-2-3-4-5-7-6-8(11)10-9(7)12/h4-6,10-12H,2-3H2,1H3. The molecule has 0 saturated heterocycles. The molecule has 66 valence electrons. The minimum absolute atomic E-state index is 0.0105. The van der Waals surface area contributed by atoms with Gasteiger partial charge in [-0.25, -0.2) is 0 Å². The van der Waals surface area contributed by atoms with Crippen LogP contribution in [0.1, 0.15) is 25.3 Å². The second kappa shape index (κ2) is 3.85. The number of nitrogens with one attached hydrogen (secondary N) is 1. The molecule has 0 amide bonds. The fourth-order valence-electron chi connectivity index (χ4n) is 0.949. The third kappa shape index (κ3) is 2.05. The number of allylic oxidation sites excluding steroid dienone is 1. The molecule has 3 heteroatoms. The molecule has 0 aromatic carbocycles. The number of aromatic hydroxyl groups is 2. The second-order valence-corrected chi connectivity index (χ2v) is 2.65. The van der Waals surface area contributed by atoms with E-state index in [0.717, 1.165) is 12.8 Å². The average molecular weight is 167 g/mol. The van der Waals surface area contributed by atoms with Crippen molar-refractivity contribution in [2.45, 2.75) is 19.8 Å². The van der Waals surface area contributed by atoms with Crippen molar-refractivity contribution in [3.8, 4) is 11.8 Å². The third-order valence-corrected chi connectivity index (χ3v) is 1.56. The largest absolute Gasteiger partial charge is 0.494 e. The van der Waals surface area contributed by atoms with Crippen molar-refractivity contribution in [2.24, 2.45) is 0 Å². The van der Waals surface area contributed by atoms with Gasteiger partial charge in [-0.1, -0.05) is 25.5 Å². The van der Waals surface area contributed by atoms with Gasteiger partial charge in [-0.3, -0.25) is 4.98 Å². The first-order chi connectivity index (χ1) is 5.74. The maximum absolute atomic E-state index is 9.16. The molecule has 1 rings (SSSR count). The van der Waals surface area contributed by atoms with Crippen molar-refractivity contribution in [2.75, 3.05) is 0 Å². The molecule has 1 heterocycles. The van der Waals surface area contributed by atoms with E-state index in [1.165, 1.54) is 6.07 Å². The molecular weight excluding hydrogens is 154 g/mol. The van der Waals surface area contributed by atoms with Gasteiger partial charge in [0, 0.05) is 11.6 Å². The van der Waals surface area contributed by atoms with Crippen LogP contribution in [0.2, 0.25) is 0 Å². The molecule has 0 aliphatic carbocycles. The normalized spacial score (nSPS) is 11.1. The van der Waals surface area contributed by atoms with Crippen LogP contribution in [0.15, 0.2) is 12.1 Å². The van der Waals surface area contributed by atoms with Crippen LogP contribution in [0.25, 0.3) is 6.08 Å². The molecule has 0 unspecified atom stereocenters. The molecular formula is C9H13NO2. The lowest BCUT2D eigenvalue weighted by atomic mass is 10.2. The van der Waals surface area contributed by atoms with Crippen molar-refractivity contribution in [1.82, 2.24) is 4.98 Å². The van der Waals surface area contributed by atoms with Crippen LogP contribution >= 0.6 is 0 Å². The third-order valence-electron chi connectivity index (χ3n) is 1.56. The number of aromatic amines is 1. The summed E-state index contributed by atoms with van der Waals surface area (Å²) in [5, 5.41) is 18.1. The van der Waals surface area contributed by atoms with Crippen molar-refractivity contribution >= 4 is 6.08 Å². The first-order valence-corrected chi connectivity index (χ1v) is 4.01. The summed E-state index contributed by atoms with van der Waals surface area (Å²) in [6.45, 7) is 2.08. The number of rotatable bonds is 3. The molecule has 0 atom stereocenters. The lowest BCUT2D eigenvalue weighted by Gasteiger charge is -1.87. The van der Waals surface area contributed by atoms with Gasteiger partial charge in [0.05, 0.1) is 0 Å². The lowest BCUT2D eigenvalue weighted by molar-refractivity contribution is 0.425. The zero-order valence-corrected chi connectivity index (χ0v) is 7.04. The second-order valence-electron chi connectivity index (χ2n) is 2.65. The number of unbranched alkanes of at least 4 members (excludes halogenated alkanes) is 1. The van der Waals surface area contributed by atoms with Gasteiger partial charge in [0.25, 0.3) is 0 Å². The van der Waals surface area contributed by atoms with Crippen molar-refractivity contribution in [3.63, 3.8) is 0 Å². The van der Waals surface area contributed by atoms with E-state index in [2.05, 4.69) is 11.9 Å². The number of H-pyrrole nitrogens is 1. The van der Waals surface area contributed by atoms with Crippen LogP contribution in [0.3, 0.4) is 0 Å². The molecule has 0 saturated carbocycles. The molecule has 0 fully saturated rings. The van der Waals surface area contributed by atoms with E-state index in [-0.39, 0.29) is 11.8 Å². The minimum Gasteiger partial charge on any atom is -0.494 e. The van der Waals surface area contributed by atoms with Gasteiger partial charge < -0.3 is 10.2 Å². The fourth-order valence-corrected chi connectivity index (χ4v) is 0.949. The molecule has 0 radical (unpaired) electrons. The van der Waals surface area contributed by atoms with Gasteiger partial charge in [-0.05, 0) is 6.42 Å². The summed E-state index contributed by atoms with van der Waals surface area (Å²) in [5.74, 6) is 0.00324. The number of hydrogen-bond donors (Lipinski definition) is 3. The molecule has 3 nitrogen and oxygen atoms in total. The maximum atomic E-state index is 9.16. The van der Waals surface area contributed by atoms with E-state index < -0.39 is 0 Å². The molecule has 1 aromatic heterocycles. The van der Waals surface area contributed by atoms with E-state index in [4.69, 9.17) is 10.2 Å². The van der Waals surface area contributed by atoms with Crippen LogP contribution in [0.4, 0.5) is 0 Å². The minimum atomic E-state index is -0.0105. The molecule has 1 aromatic rings. The van der Waals surface area contributed by atoms with Crippen LogP contribution in [0.5, 0.6) is 11.8 Å². The summed E-state index contributed by atoms with van der Waals surface area (Å²) in [5.41, 5.74) is 0.626. The van der Waals surface area contributed by atoms with Gasteiger partial charge >= 0.3 is 0 Å². The molecule has 3 N–H and O–H groups in total. The monoisotopic (exact) mass is 167 g/mol. The highest BCUT2D eigenvalue weighted by atomic mass is 16.3. The highest BCUT2D eigenvalue weighted by molar-refractivity contribution is 5.56. The Morgan fingerprint density at radius 2 is 2.25 bits per heavy atom. The highest BCUT2D eigenvalue weighted by Crippen LogP contribution is 2.22. The predicted molar refractivity (Wildman–Crippen MR) is 48.1 cm³/mol. The Balaban J connectivity index is 2.68. The highest BCUT2D eigenvalue weighted by Gasteiger charge is 2.00. The molecule has 12 heavy (non-hydrogen) atoms. The topological polar surface area (TPSA) is 56.2 Å². The zero-order chi connectivity index (χ0) is 8.97. The number of aromatic nitrogens is 1. The number of hydrogen-bond acceptors (Lipinski definition) is 2. The molecule has 0 spiro atoms. The van der Waals surface area contributed by atoms with Gasteiger partial charge in [-0.2, -0.15) is 0 Å². The van der Waals surface area contributed by atoms with Gasteiger partial charge in [0.2, 0.25) is 0 Å². The fraction of sp³-hybridized carbons (Fsp3) is 0.333. The Bertz CT molecular complexity index is 276. The molecule has 0 aliphatic heterocycles. The van der Waals surface area contributed by atoms with Gasteiger partial charge in [0.1, 0.15) is 0 Å². The van der Waals surface area contributed by atoms with E-state index in [1.807, 2.05) is 6.08 Å². The summed E-state index contributed by atoms with van der Waals surface area (Å²) in [4.78, 5) is 2.39. The SMILES string of the molecule is CCCC=Cc1cc(O)[nH]c1O. The van der Waals surface area contributed by atoms with Crippen LogP contribution in [-0.2, 0) is 0 Å². The van der Waals surface area contributed by atoms with Crippen molar-refractivity contribution < 1.29 is 10.2 Å². The Morgan fingerprint density at radius 1 is 1.50 bits per heavy atom. The van der Waals surface area contributed by atoms with Crippen LogP contribution in [-0.4, -0.2) is 15.2 Å². The zero-order valence-electron chi connectivity index (χ0n) is 7.04. The van der Waals surface area contributed by atoms with Gasteiger partial charge in [-0.15, -0.1) is 0 Å². The summed E-state index contributed by atoms with van der Waals surface area (Å²) in [6.07, 6.45) is 5.80. The van der Waals surface area contributed by atoms with E-state index in [0.29, 0.717) is 5.56 Å². The van der Waals surface area contributed by atoms with Crippen LogP contribution in [0, 0.1) is 0 Å². The lowest BCUT2D eigenvalue weighted by Crippen LogP contribution is -1.66. The average Bonchev–Trinajstić information content (AvgIpc) is 2.31. The quantitative estimate of drug-likeness (QED) is 0.646. The Hall–Kier alpha value is -1.38. The van der Waals surface area contributed by atoms with Crippen molar-refractivity contribution in [1.29, 1.82) is 0 Å².